The van der Waals surface area contributed by atoms with Gasteiger partial charge in [-0.05, 0) is 36.2 Å². The van der Waals surface area contributed by atoms with Gasteiger partial charge in [-0.3, -0.25) is 4.79 Å². The number of halogens is 1. The second-order valence-corrected chi connectivity index (χ2v) is 6.10. The predicted octanol–water partition coefficient (Wildman–Crippen LogP) is 3.97. The number of nitrogens with zero attached hydrogens (tertiary/aromatic N) is 2. The Hall–Kier alpha value is -2.47. The molecule has 1 aromatic heterocycles. The normalized spacial score (nSPS) is 10.6. The van der Waals surface area contributed by atoms with Crippen molar-refractivity contribution in [2.24, 2.45) is 0 Å². The largest absolute Gasteiger partial charge is 0.467 e. The molecule has 0 bridgehead atoms. The molecule has 3 aromatic rings. The summed E-state index contributed by atoms with van der Waals surface area (Å²) in [6, 6.07) is 13.4. The summed E-state index contributed by atoms with van der Waals surface area (Å²) >= 11 is 3.42. The van der Waals surface area contributed by atoms with Gasteiger partial charge in [0.05, 0.1) is 10.9 Å². The van der Waals surface area contributed by atoms with E-state index in [0.29, 0.717) is 5.88 Å². The fourth-order valence-electron chi connectivity index (χ4n) is 2.39. The Kier molecular flexibility index (Phi) is 5.05. The van der Waals surface area contributed by atoms with E-state index in [0.717, 1.165) is 33.0 Å². The number of fused-ring (bicyclic) bond motifs is 1. The van der Waals surface area contributed by atoms with E-state index >= 15 is 0 Å². The summed E-state index contributed by atoms with van der Waals surface area (Å²) in [5, 5.41) is 3.63. The molecule has 0 aliphatic rings. The molecule has 0 spiro atoms. The monoisotopic (exact) mass is 385 g/mol. The van der Waals surface area contributed by atoms with Gasteiger partial charge in [-0.2, -0.15) is 0 Å². The molecule has 0 saturated heterocycles. The topological polar surface area (TPSA) is 64.1 Å². The molecule has 122 valence electrons. The number of aromatic nitrogens is 2. The molecule has 1 heterocycles. The average molecular weight is 386 g/mol. The van der Waals surface area contributed by atoms with Crippen LogP contribution in [0.25, 0.3) is 10.9 Å². The van der Waals surface area contributed by atoms with Crippen LogP contribution in [0, 0.1) is 0 Å². The SMILES string of the molecule is CCc1ccccc1NC(=O)COc1ncnc2ccc(Br)cc12. The number of carbonyl (C=O) groups excluding carboxylic acids is 1. The minimum Gasteiger partial charge on any atom is -0.467 e. The van der Waals surface area contributed by atoms with Crippen LogP contribution in [-0.4, -0.2) is 22.5 Å². The highest BCUT2D eigenvalue weighted by Crippen LogP contribution is 2.25. The van der Waals surface area contributed by atoms with Crippen LogP contribution in [0.2, 0.25) is 0 Å². The summed E-state index contributed by atoms with van der Waals surface area (Å²) in [7, 11) is 0. The Morgan fingerprint density at radius 1 is 1.21 bits per heavy atom. The van der Waals surface area contributed by atoms with Gasteiger partial charge in [0.25, 0.3) is 5.91 Å². The van der Waals surface area contributed by atoms with Gasteiger partial charge >= 0.3 is 0 Å². The van der Waals surface area contributed by atoms with Gasteiger partial charge in [0.1, 0.15) is 6.33 Å². The number of rotatable bonds is 5. The number of hydrogen-bond acceptors (Lipinski definition) is 4. The molecule has 2 aromatic carbocycles. The first-order chi connectivity index (χ1) is 11.7. The predicted molar refractivity (Wildman–Crippen MR) is 97.2 cm³/mol. The molecular weight excluding hydrogens is 370 g/mol. The van der Waals surface area contributed by atoms with Crippen LogP contribution < -0.4 is 10.1 Å². The maximum Gasteiger partial charge on any atom is 0.262 e. The number of carbonyl (C=O) groups is 1. The van der Waals surface area contributed by atoms with Crippen molar-refractivity contribution in [2.45, 2.75) is 13.3 Å². The van der Waals surface area contributed by atoms with Crippen LogP contribution >= 0.6 is 15.9 Å². The molecule has 0 unspecified atom stereocenters. The van der Waals surface area contributed by atoms with E-state index in [-0.39, 0.29) is 12.5 Å². The summed E-state index contributed by atoms with van der Waals surface area (Å²) in [6.07, 6.45) is 2.28. The molecule has 5 nitrogen and oxygen atoms in total. The van der Waals surface area contributed by atoms with E-state index in [9.17, 15) is 4.79 Å². The highest BCUT2D eigenvalue weighted by Gasteiger charge is 2.10. The zero-order valence-corrected chi connectivity index (χ0v) is 14.7. The van der Waals surface area contributed by atoms with E-state index in [1.54, 1.807) is 0 Å². The first-order valence-corrected chi connectivity index (χ1v) is 8.37. The lowest BCUT2D eigenvalue weighted by Crippen LogP contribution is -2.21. The quantitative estimate of drug-likeness (QED) is 0.721. The zero-order valence-electron chi connectivity index (χ0n) is 13.1. The van der Waals surface area contributed by atoms with E-state index in [4.69, 9.17) is 4.74 Å². The summed E-state index contributed by atoms with van der Waals surface area (Å²) in [5.74, 6) is 0.165. The third kappa shape index (κ3) is 3.71. The number of benzene rings is 2. The van der Waals surface area contributed by atoms with Crippen molar-refractivity contribution < 1.29 is 9.53 Å². The number of amides is 1. The Bertz CT molecular complexity index is 883. The maximum atomic E-state index is 12.2. The van der Waals surface area contributed by atoms with Gasteiger partial charge in [-0.25, -0.2) is 9.97 Å². The van der Waals surface area contributed by atoms with E-state index in [1.807, 2.05) is 49.4 Å². The Labute approximate surface area is 148 Å². The van der Waals surface area contributed by atoms with Gasteiger partial charge in [-0.1, -0.05) is 41.1 Å². The number of anilines is 1. The number of para-hydroxylation sites is 1. The smallest absolute Gasteiger partial charge is 0.262 e. The van der Waals surface area contributed by atoms with E-state index in [1.165, 1.54) is 6.33 Å². The third-order valence-corrected chi connectivity index (χ3v) is 4.07. The molecule has 0 fully saturated rings. The maximum absolute atomic E-state index is 12.2. The lowest BCUT2D eigenvalue weighted by molar-refractivity contribution is -0.118. The number of aryl methyl sites for hydroxylation is 1. The van der Waals surface area contributed by atoms with Crippen molar-refractivity contribution in [2.75, 3.05) is 11.9 Å². The molecule has 3 rings (SSSR count). The van der Waals surface area contributed by atoms with Crippen molar-refractivity contribution in [3.05, 3.63) is 58.8 Å². The molecule has 0 saturated carbocycles. The second-order valence-electron chi connectivity index (χ2n) is 5.19. The lowest BCUT2D eigenvalue weighted by Gasteiger charge is -2.11. The number of hydrogen-bond donors (Lipinski definition) is 1. The zero-order chi connectivity index (χ0) is 16.9. The van der Waals surface area contributed by atoms with Gasteiger partial charge in [-0.15, -0.1) is 0 Å². The molecule has 0 atom stereocenters. The van der Waals surface area contributed by atoms with Crippen LogP contribution in [0.1, 0.15) is 12.5 Å². The molecule has 24 heavy (non-hydrogen) atoms. The van der Waals surface area contributed by atoms with Gasteiger partial charge < -0.3 is 10.1 Å². The Morgan fingerprint density at radius 3 is 2.88 bits per heavy atom. The van der Waals surface area contributed by atoms with Crippen molar-refractivity contribution in [1.29, 1.82) is 0 Å². The average Bonchev–Trinajstić information content (AvgIpc) is 2.60. The van der Waals surface area contributed by atoms with Crippen molar-refractivity contribution in [1.82, 2.24) is 9.97 Å². The van der Waals surface area contributed by atoms with E-state index in [2.05, 4.69) is 31.2 Å². The van der Waals surface area contributed by atoms with Crippen molar-refractivity contribution in [3.63, 3.8) is 0 Å². The molecule has 0 radical (unpaired) electrons. The van der Waals surface area contributed by atoms with Gasteiger partial charge in [0.15, 0.2) is 6.61 Å². The molecule has 1 N–H and O–H groups in total. The second kappa shape index (κ2) is 7.40. The Balaban J connectivity index is 1.72. The molecule has 6 heteroatoms. The van der Waals surface area contributed by atoms with Crippen LogP contribution in [0.15, 0.2) is 53.3 Å². The van der Waals surface area contributed by atoms with Crippen LogP contribution in [0.4, 0.5) is 5.69 Å². The third-order valence-electron chi connectivity index (χ3n) is 3.57. The molecule has 0 aliphatic carbocycles. The van der Waals surface area contributed by atoms with Gasteiger partial charge in [0, 0.05) is 10.2 Å². The highest BCUT2D eigenvalue weighted by atomic mass is 79.9. The minimum atomic E-state index is -0.224. The van der Waals surface area contributed by atoms with Crippen LogP contribution in [0.3, 0.4) is 0 Å². The number of ether oxygens (including phenoxy) is 1. The van der Waals surface area contributed by atoms with Crippen LogP contribution in [-0.2, 0) is 11.2 Å². The minimum absolute atomic E-state index is 0.114. The first kappa shape index (κ1) is 16.4. The molecular formula is C18H16BrN3O2. The lowest BCUT2D eigenvalue weighted by atomic mass is 10.1. The fourth-order valence-corrected chi connectivity index (χ4v) is 2.75. The van der Waals surface area contributed by atoms with Crippen molar-refractivity contribution in [3.8, 4) is 5.88 Å². The van der Waals surface area contributed by atoms with Crippen molar-refractivity contribution >= 4 is 38.4 Å². The van der Waals surface area contributed by atoms with Gasteiger partial charge in [0.2, 0.25) is 5.88 Å². The first-order valence-electron chi connectivity index (χ1n) is 7.58. The Morgan fingerprint density at radius 2 is 2.04 bits per heavy atom. The standard InChI is InChI=1S/C18H16BrN3O2/c1-2-12-5-3-4-6-15(12)22-17(23)10-24-18-14-9-13(19)7-8-16(14)20-11-21-18/h3-9,11H,2,10H2,1H3,(H,22,23). The van der Waals surface area contributed by atoms with Crippen LogP contribution in [0.5, 0.6) is 5.88 Å². The molecule has 0 aliphatic heterocycles. The summed E-state index contributed by atoms with van der Waals surface area (Å²) in [5.41, 5.74) is 2.66. The number of nitrogens with one attached hydrogen (secondary N) is 1. The summed E-state index contributed by atoms with van der Waals surface area (Å²) in [4.78, 5) is 20.5. The summed E-state index contributed by atoms with van der Waals surface area (Å²) < 4.78 is 6.50. The highest BCUT2D eigenvalue weighted by molar-refractivity contribution is 9.10. The summed E-state index contributed by atoms with van der Waals surface area (Å²) in [6.45, 7) is 1.93. The molecule has 1 amide bonds. The van der Waals surface area contributed by atoms with E-state index < -0.39 is 0 Å². The fraction of sp³-hybridized carbons (Fsp3) is 0.167.